The number of nitrogens with zero attached hydrogens (tertiary/aromatic N) is 9. The van der Waals surface area contributed by atoms with Crippen molar-refractivity contribution < 1.29 is 0 Å². The Kier molecular flexibility index (Phi) is 4.17. The van der Waals surface area contributed by atoms with E-state index < -0.39 is 5.54 Å². The van der Waals surface area contributed by atoms with Crippen LogP contribution in [0.5, 0.6) is 0 Å². The van der Waals surface area contributed by atoms with Gasteiger partial charge in [-0.3, -0.25) is 4.98 Å². The van der Waals surface area contributed by atoms with Crippen molar-refractivity contribution in [2.24, 2.45) is 5.92 Å². The number of pyridine rings is 1. The first kappa shape index (κ1) is 19.1. The van der Waals surface area contributed by atoms with Gasteiger partial charge in [-0.1, -0.05) is 6.07 Å². The molecule has 0 saturated heterocycles. The summed E-state index contributed by atoms with van der Waals surface area (Å²) in [4.78, 5) is 10.7. The molecule has 1 fully saturated rings. The number of hydrogen-bond donors (Lipinski definition) is 0. The zero-order chi connectivity index (χ0) is 22.4. The Bertz CT molecular complexity index is 1590. The molecule has 0 radical (unpaired) electrons. The monoisotopic (exact) mass is 431 g/mol. The third kappa shape index (κ3) is 2.94. The summed E-state index contributed by atoms with van der Waals surface area (Å²) < 4.78 is 1.74. The second-order valence-electron chi connectivity index (χ2n) is 8.35. The minimum atomic E-state index is -0.522. The number of benzene rings is 1. The number of fused-ring (bicyclic) bond motifs is 2. The van der Waals surface area contributed by atoms with Crippen LogP contribution < -0.4 is 0 Å². The van der Waals surface area contributed by atoms with Crippen molar-refractivity contribution in [2.45, 2.75) is 24.8 Å². The molecule has 0 unspecified atom stereocenters. The van der Waals surface area contributed by atoms with E-state index in [1.165, 1.54) is 0 Å². The van der Waals surface area contributed by atoms with E-state index in [9.17, 15) is 10.5 Å². The van der Waals surface area contributed by atoms with E-state index >= 15 is 0 Å². The van der Waals surface area contributed by atoms with Crippen LogP contribution in [0.4, 0.5) is 0 Å². The molecule has 1 aromatic carbocycles. The Labute approximate surface area is 188 Å². The van der Waals surface area contributed by atoms with Crippen LogP contribution >= 0.6 is 0 Å². The highest BCUT2D eigenvalue weighted by Crippen LogP contribution is 2.45. The topological polar surface area (TPSA) is 121 Å². The van der Waals surface area contributed by atoms with E-state index in [2.05, 4.69) is 38.4 Å². The van der Waals surface area contributed by atoms with Gasteiger partial charge in [0.2, 0.25) is 0 Å². The summed E-state index contributed by atoms with van der Waals surface area (Å²) in [7, 11) is 0. The van der Waals surface area contributed by atoms with Crippen molar-refractivity contribution in [3.8, 4) is 34.5 Å². The number of rotatable bonds is 4. The molecule has 0 spiro atoms. The quantitative estimate of drug-likeness (QED) is 0.425. The molecule has 33 heavy (non-hydrogen) atoms. The number of hydrogen-bond acceptors (Lipinski definition) is 7. The van der Waals surface area contributed by atoms with Gasteiger partial charge in [-0.25, -0.2) is 9.50 Å². The molecule has 4 aromatic heterocycles. The summed E-state index contributed by atoms with van der Waals surface area (Å²) in [5, 5.41) is 33.3. The lowest BCUT2D eigenvalue weighted by Crippen LogP contribution is -2.47. The smallest absolute Gasteiger partial charge is 0.162 e. The third-order valence-electron chi connectivity index (χ3n) is 6.35. The standard InChI is InChI=1S/C24H17N9/c25-5-4-24(11-16(12-24)13-26)33-30-15-22(31-33)19-9-17(10-21-18(19)3-1-6-27-21)20-14-29-32-8-2-7-28-23(20)32/h1-3,6-10,14-16H,4,11-12H2. The average molecular weight is 431 g/mol. The predicted octanol–water partition coefficient (Wildman–Crippen LogP) is 3.75. The van der Waals surface area contributed by atoms with E-state index in [0.29, 0.717) is 18.5 Å². The number of aromatic nitrogens is 7. The summed E-state index contributed by atoms with van der Waals surface area (Å²) in [5.74, 6) is -0.0655. The van der Waals surface area contributed by atoms with Crippen LogP contribution in [0.1, 0.15) is 19.3 Å². The highest BCUT2D eigenvalue weighted by Gasteiger charge is 2.48. The van der Waals surface area contributed by atoms with Crippen molar-refractivity contribution in [3.63, 3.8) is 0 Å². The highest BCUT2D eigenvalue weighted by molar-refractivity contribution is 5.98. The molecule has 4 heterocycles. The molecule has 0 bridgehead atoms. The Morgan fingerprint density at radius 2 is 1.91 bits per heavy atom. The summed E-state index contributed by atoms with van der Waals surface area (Å²) in [6, 6.07) is 14.3. The van der Waals surface area contributed by atoms with Gasteiger partial charge in [0.05, 0.1) is 47.9 Å². The van der Waals surface area contributed by atoms with Gasteiger partial charge in [0, 0.05) is 35.1 Å². The molecular weight excluding hydrogens is 414 g/mol. The van der Waals surface area contributed by atoms with Crippen molar-refractivity contribution >= 4 is 16.6 Å². The Morgan fingerprint density at radius 1 is 1.03 bits per heavy atom. The Morgan fingerprint density at radius 3 is 2.76 bits per heavy atom. The van der Waals surface area contributed by atoms with Crippen LogP contribution in [0, 0.1) is 28.6 Å². The van der Waals surface area contributed by atoms with Crippen LogP contribution in [0.25, 0.3) is 38.9 Å². The maximum Gasteiger partial charge on any atom is 0.162 e. The third-order valence-corrected chi connectivity index (χ3v) is 6.35. The van der Waals surface area contributed by atoms with E-state index in [1.807, 2.05) is 30.5 Å². The van der Waals surface area contributed by atoms with Crippen molar-refractivity contribution in [1.29, 1.82) is 10.5 Å². The van der Waals surface area contributed by atoms with E-state index in [0.717, 1.165) is 33.2 Å². The Hall–Kier alpha value is -4.63. The van der Waals surface area contributed by atoms with Crippen molar-refractivity contribution in [2.75, 3.05) is 0 Å². The Balaban J connectivity index is 1.50. The fourth-order valence-electron chi connectivity index (χ4n) is 4.67. The summed E-state index contributed by atoms with van der Waals surface area (Å²) in [5.41, 5.74) is 4.47. The van der Waals surface area contributed by atoms with Crippen LogP contribution in [-0.4, -0.2) is 34.6 Å². The van der Waals surface area contributed by atoms with Crippen LogP contribution in [-0.2, 0) is 5.54 Å². The molecule has 9 nitrogen and oxygen atoms in total. The van der Waals surface area contributed by atoms with Gasteiger partial charge in [-0.05, 0) is 42.7 Å². The molecule has 9 heteroatoms. The maximum absolute atomic E-state index is 9.36. The first-order chi connectivity index (χ1) is 16.2. The molecule has 1 saturated carbocycles. The highest BCUT2D eigenvalue weighted by atomic mass is 15.5. The van der Waals surface area contributed by atoms with Gasteiger partial charge in [-0.2, -0.15) is 30.6 Å². The minimum Gasteiger partial charge on any atom is -0.256 e. The van der Waals surface area contributed by atoms with Gasteiger partial charge in [0.1, 0.15) is 5.69 Å². The van der Waals surface area contributed by atoms with Gasteiger partial charge in [0.25, 0.3) is 0 Å². The molecule has 1 aliphatic carbocycles. The van der Waals surface area contributed by atoms with Crippen LogP contribution in [0.2, 0.25) is 0 Å². The van der Waals surface area contributed by atoms with E-state index in [4.69, 9.17) is 5.10 Å². The van der Waals surface area contributed by atoms with Gasteiger partial charge in [-0.15, -0.1) is 0 Å². The lowest BCUT2D eigenvalue weighted by Gasteiger charge is -2.42. The van der Waals surface area contributed by atoms with Crippen LogP contribution in [0.3, 0.4) is 0 Å². The minimum absolute atomic E-state index is 0.0655. The molecule has 1 aliphatic rings. The predicted molar refractivity (Wildman–Crippen MR) is 119 cm³/mol. The first-order valence-corrected chi connectivity index (χ1v) is 10.6. The van der Waals surface area contributed by atoms with Gasteiger partial charge >= 0.3 is 0 Å². The molecule has 0 N–H and O–H groups in total. The zero-order valence-corrected chi connectivity index (χ0v) is 17.5. The van der Waals surface area contributed by atoms with Crippen molar-refractivity contribution in [1.82, 2.24) is 34.6 Å². The lowest BCUT2D eigenvalue weighted by molar-refractivity contribution is 0.0713. The molecule has 0 aliphatic heterocycles. The SMILES string of the molecule is N#CCC1(n2ncc(-c3cc(-c4cnn5cccnc45)cc4ncccc34)n2)CC(C#N)C1. The van der Waals surface area contributed by atoms with Gasteiger partial charge in [0.15, 0.2) is 5.65 Å². The largest absolute Gasteiger partial charge is 0.256 e. The molecule has 0 amide bonds. The van der Waals surface area contributed by atoms with Crippen LogP contribution in [0.15, 0.2) is 61.3 Å². The maximum atomic E-state index is 9.36. The summed E-state index contributed by atoms with van der Waals surface area (Å²) in [6.45, 7) is 0. The van der Waals surface area contributed by atoms with Gasteiger partial charge < -0.3 is 0 Å². The van der Waals surface area contributed by atoms with E-state index in [1.54, 1.807) is 34.1 Å². The number of nitriles is 2. The van der Waals surface area contributed by atoms with Crippen molar-refractivity contribution in [3.05, 3.63) is 61.3 Å². The summed E-state index contributed by atoms with van der Waals surface area (Å²) >= 11 is 0. The zero-order valence-electron chi connectivity index (χ0n) is 17.5. The van der Waals surface area contributed by atoms with E-state index in [-0.39, 0.29) is 12.3 Å². The summed E-state index contributed by atoms with van der Waals surface area (Å²) in [6.07, 6.45) is 10.3. The first-order valence-electron chi connectivity index (χ1n) is 10.6. The molecule has 158 valence electrons. The molecular formula is C24H17N9. The molecule has 6 rings (SSSR count). The molecule has 0 atom stereocenters. The second kappa shape index (κ2) is 7.21. The fraction of sp³-hybridized carbons (Fsp3) is 0.208. The fourth-order valence-corrected chi connectivity index (χ4v) is 4.67. The lowest BCUT2D eigenvalue weighted by atomic mass is 9.68. The average Bonchev–Trinajstić information content (AvgIpc) is 3.48. The second-order valence-corrected chi connectivity index (χ2v) is 8.35. The normalized spacial score (nSPS) is 19.8. The molecule has 5 aromatic rings.